The highest BCUT2D eigenvalue weighted by Crippen LogP contribution is 2.16. The Bertz CT molecular complexity index is 1100. The number of benzene rings is 2. The van der Waals surface area contributed by atoms with Crippen LogP contribution in [0.25, 0.3) is 0 Å². The van der Waals surface area contributed by atoms with Crippen LogP contribution in [0.1, 0.15) is 11.1 Å². The first-order valence-electron chi connectivity index (χ1n) is 13.8. The van der Waals surface area contributed by atoms with Crippen molar-refractivity contribution in [2.75, 3.05) is 98.1 Å². The molecule has 0 atom stereocenters. The average Bonchev–Trinajstić information content (AvgIpc) is 2.95. The molecule has 4 rings (SSSR count). The monoisotopic (exact) mass is 533 g/mol. The van der Waals surface area contributed by atoms with Crippen molar-refractivity contribution >= 4 is 23.0 Å². The van der Waals surface area contributed by atoms with Crippen molar-refractivity contribution in [3.05, 3.63) is 59.7 Å². The number of hydrogen-bond acceptors (Lipinski definition) is 8. The van der Waals surface area contributed by atoms with Crippen molar-refractivity contribution < 1.29 is 0 Å². The van der Waals surface area contributed by atoms with Gasteiger partial charge in [0.1, 0.15) is 11.7 Å². The van der Waals surface area contributed by atoms with E-state index in [2.05, 4.69) is 60.1 Å². The summed E-state index contributed by atoms with van der Waals surface area (Å²) in [6.07, 6.45) is 0. The zero-order chi connectivity index (χ0) is 27.5. The number of rotatable bonds is 11. The maximum Gasteiger partial charge on any atom is 0.125 e. The van der Waals surface area contributed by atoms with Crippen LogP contribution in [0.3, 0.4) is 0 Å². The van der Waals surface area contributed by atoms with Crippen molar-refractivity contribution in [1.82, 2.24) is 30.2 Å². The van der Waals surface area contributed by atoms with Gasteiger partial charge in [0, 0.05) is 89.7 Å². The van der Waals surface area contributed by atoms with E-state index in [4.69, 9.17) is 10.8 Å². The molecule has 2 aliphatic heterocycles. The normalized spacial score (nSPS) is 17.8. The van der Waals surface area contributed by atoms with Gasteiger partial charge < -0.3 is 20.4 Å². The Morgan fingerprint density at radius 1 is 0.718 bits per heavy atom. The molecule has 0 unspecified atom stereocenters. The van der Waals surface area contributed by atoms with Crippen LogP contribution in [-0.4, -0.2) is 124 Å². The fraction of sp³-hybridized carbons (Fsp3) is 0.500. The van der Waals surface area contributed by atoms with Gasteiger partial charge in [-0.1, -0.05) is 29.5 Å². The van der Waals surface area contributed by atoms with E-state index in [9.17, 15) is 0 Å². The maximum absolute atomic E-state index is 8.42. The molecule has 2 aromatic rings. The molecule has 39 heavy (non-hydrogen) atoms. The number of piperazine rings is 2. The summed E-state index contributed by atoms with van der Waals surface area (Å²) >= 11 is 0. The average molecular weight is 534 g/mol. The first kappa shape index (κ1) is 28.6. The lowest BCUT2D eigenvalue weighted by Crippen LogP contribution is -2.46. The fourth-order valence-electron chi connectivity index (χ4n) is 4.63. The summed E-state index contributed by atoms with van der Waals surface area (Å²) in [5.41, 5.74) is 5.97. The van der Waals surface area contributed by atoms with Crippen LogP contribution in [0.4, 0.5) is 11.4 Å². The highest BCUT2D eigenvalue weighted by atomic mass is 15.4. The second-order valence-electron chi connectivity index (χ2n) is 10.3. The molecule has 0 aromatic heterocycles. The van der Waals surface area contributed by atoms with Gasteiger partial charge >= 0.3 is 0 Å². The van der Waals surface area contributed by atoms with E-state index in [0.717, 1.165) is 95.4 Å². The smallest absolute Gasteiger partial charge is 0.125 e. The first-order valence-corrected chi connectivity index (χ1v) is 13.8. The highest BCUT2D eigenvalue weighted by Gasteiger charge is 2.14. The van der Waals surface area contributed by atoms with Gasteiger partial charge in [-0.05, 0) is 38.4 Å². The molecule has 0 spiro atoms. The summed E-state index contributed by atoms with van der Waals surface area (Å²) in [4.78, 5) is 9.55. The van der Waals surface area contributed by atoms with Crippen molar-refractivity contribution in [3.63, 3.8) is 0 Å². The van der Waals surface area contributed by atoms with Gasteiger partial charge in [0.2, 0.25) is 0 Å². The number of likely N-dealkylation sites (N-methyl/N-ethyl adjacent to an activating group) is 2. The standard InChI is InChI=1S/C28H43N11/c1-36-13-17-38(18-14-36)11-9-31-27(29)23-5-3-7-25(21-23)33-35-34-26-8-4-6-24(22-26)28(30)32-10-12-39-19-15-37(2)16-20-39/h3-8,21-22H,9-20H2,1-2H3,(H2,29,31)(H2,30,32)(H,33,34). The molecule has 11 heteroatoms. The number of nitrogens with zero attached hydrogens (tertiary/aromatic N) is 6. The van der Waals surface area contributed by atoms with Crippen molar-refractivity contribution in [2.45, 2.75) is 0 Å². The van der Waals surface area contributed by atoms with Gasteiger partial charge in [0.05, 0.1) is 11.4 Å². The third kappa shape index (κ3) is 9.39. The third-order valence-corrected chi connectivity index (χ3v) is 7.28. The molecule has 2 aromatic carbocycles. The van der Waals surface area contributed by atoms with Crippen molar-refractivity contribution in [3.8, 4) is 0 Å². The molecule has 2 fully saturated rings. The third-order valence-electron chi connectivity index (χ3n) is 7.28. The predicted octanol–water partition coefficient (Wildman–Crippen LogP) is 2.12. The van der Waals surface area contributed by atoms with E-state index in [1.807, 2.05) is 48.5 Å². The van der Waals surface area contributed by atoms with Crippen LogP contribution >= 0.6 is 0 Å². The minimum atomic E-state index is 0.389. The topological polar surface area (TPSA) is 121 Å². The molecule has 2 saturated heterocycles. The summed E-state index contributed by atoms with van der Waals surface area (Å²) < 4.78 is 0. The quantitative estimate of drug-likeness (QED) is 0.130. The molecule has 0 aliphatic carbocycles. The lowest BCUT2D eigenvalue weighted by molar-refractivity contribution is 0.156. The van der Waals surface area contributed by atoms with Gasteiger partial charge in [-0.25, -0.2) is 0 Å². The van der Waals surface area contributed by atoms with E-state index in [1.165, 1.54) is 0 Å². The Kier molecular flexibility index (Phi) is 10.8. The van der Waals surface area contributed by atoms with Crippen LogP contribution < -0.4 is 16.1 Å². The van der Waals surface area contributed by atoms with Crippen molar-refractivity contribution in [1.29, 1.82) is 10.8 Å². The molecule has 0 radical (unpaired) electrons. The molecule has 0 bridgehead atoms. The van der Waals surface area contributed by atoms with Gasteiger partial charge in [-0.3, -0.25) is 26.0 Å². The van der Waals surface area contributed by atoms with E-state index in [0.29, 0.717) is 17.4 Å². The van der Waals surface area contributed by atoms with Gasteiger partial charge in [-0.2, -0.15) is 0 Å². The van der Waals surface area contributed by atoms with Gasteiger partial charge in [0.25, 0.3) is 0 Å². The Hall–Kier alpha value is -3.38. The van der Waals surface area contributed by atoms with E-state index >= 15 is 0 Å². The zero-order valence-electron chi connectivity index (χ0n) is 23.3. The highest BCUT2D eigenvalue weighted by molar-refractivity contribution is 5.97. The van der Waals surface area contributed by atoms with Crippen LogP contribution in [0.15, 0.2) is 58.9 Å². The molecule has 2 heterocycles. The minimum absolute atomic E-state index is 0.389. The fourth-order valence-corrected chi connectivity index (χ4v) is 4.63. The van der Waals surface area contributed by atoms with Crippen LogP contribution in [0.5, 0.6) is 0 Å². The van der Waals surface area contributed by atoms with E-state index < -0.39 is 0 Å². The lowest BCUT2D eigenvalue weighted by Gasteiger charge is -2.32. The second-order valence-corrected chi connectivity index (χ2v) is 10.3. The summed E-state index contributed by atoms with van der Waals surface area (Å²) in [6, 6.07) is 15.1. The van der Waals surface area contributed by atoms with Crippen LogP contribution in [0.2, 0.25) is 0 Å². The number of amidine groups is 2. The zero-order valence-corrected chi connectivity index (χ0v) is 23.3. The van der Waals surface area contributed by atoms with E-state index in [-0.39, 0.29) is 0 Å². The number of nitrogens with one attached hydrogen (secondary N) is 5. The summed E-state index contributed by atoms with van der Waals surface area (Å²) in [7, 11) is 4.31. The predicted molar refractivity (Wildman–Crippen MR) is 159 cm³/mol. The first-order chi connectivity index (χ1) is 19.0. The lowest BCUT2D eigenvalue weighted by atomic mass is 10.2. The molecule has 2 aliphatic rings. The Labute approximate surface area is 232 Å². The summed E-state index contributed by atoms with van der Waals surface area (Å²) in [6.45, 7) is 12.0. The number of anilines is 1. The Morgan fingerprint density at radius 3 is 1.79 bits per heavy atom. The Balaban J connectivity index is 1.20. The van der Waals surface area contributed by atoms with Crippen LogP contribution in [-0.2, 0) is 0 Å². The molecular weight excluding hydrogens is 490 g/mol. The number of hydrogen-bond donors (Lipinski definition) is 5. The van der Waals surface area contributed by atoms with Crippen LogP contribution in [0, 0.1) is 10.8 Å². The molecule has 210 valence electrons. The molecular formula is C28H43N11. The molecule has 11 nitrogen and oxygen atoms in total. The van der Waals surface area contributed by atoms with Gasteiger partial charge in [0.15, 0.2) is 0 Å². The summed E-state index contributed by atoms with van der Waals surface area (Å²) in [5.74, 6) is 0.788. The molecule has 0 amide bonds. The maximum atomic E-state index is 8.42. The SMILES string of the molecule is CN1CCN(CCNC(=N)c2cccc(/N=N/Nc3cccc(C(=N)NCCN4CCN(C)CC4)c3)c2)CC1. The minimum Gasteiger partial charge on any atom is -0.369 e. The summed E-state index contributed by atoms with van der Waals surface area (Å²) in [5, 5.41) is 31.7. The van der Waals surface area contributed by atoms with E-state index in [1.54, 1.807) is 0 Å². The Morgan fingerprint density at radius 2 is 1.23 bits per heavy atom. The van der Waals surface area contributed by atoms with Crippen molar-refractivity contribution in [2.24, 2.45) is 10.3 Å². The molecule has 0 saturated carbocycles. The second kappa shape index (κ2) is 14.7. The molecule has 5 N–H and O–H groups in total. The largest absolute Gasteiger partial charge is 0.369 e. The van der Waals surface area contributed by atoms with Gasteiger partial charge in [-0.15, -0.1) is 5.11 Å².